The average Bonchev–Trinajstić information content (AvgIpc) is 2.93. The minimum Gasteiger partial charge on any atom is -0.352 e. The van der Waals surface area contributed by atoms with Gasteiger partial charge in [-0.05, 0) is 88.1 Å². The van der Waals surface area contributed by atoms with E-state index < -0.39 is 28.5 Å². The highest BCUT2D eigenvalue weighted by Crippen LogP contribution is 2.29. The number of sulfonamides is 1. The van der Waals surface area contributed by atoms with E-state index in [1.54, 1.807) is 50.2 Å². The Hall–Kier alpha value is -3.07. The molecular formula is C31H37Cl2N3O4S. The van der Waals surface area contributed by atoms with E-state index in [0.29, 0.717) is 33.3 Å². The summed E-state index contributed by atoms with van der Waals surface area (Å²) >= 11 is 12.3. The molecule has 0 spiro atoms. The predicted octanol–water partition coefficient (Wildman–Crippen LogP) is 6.45. The lowest BCUT2D eigenvalue weighted by molar-refractivity contribution is -0.139. The Labute approximate surface area is 253 Å². The van der Waals surface area contributed by atoms with Gasteiger partial charge in [0.05, 0.1) is 20.6 Å². The summed E-state index contributed by atoms with van der Waals surface area (Å²) in [6.07, 6.45) is 0.717. The van der Waals surface area contributed by atoms with Gasteiger partial charge >= 0.3 is 0 Å². The second-order valence-electron chi connectivity index (χ2n) is 10.4. The molecular weight excluding hydrogens is 581 g/mol. The molecule has 41 heavy (non-hydrogen) atoms. The zero-order chi connectivity index (χ0) is 30.5. The average molecular weight is 619 g/mol. The quantitative estimate of drug-likeness (QED) is 0.268. The van der Waals surface area contributed by atoms with Gasteiger partial charge in [-0.2, -0.15) is 0 Å². The van der Waals surface area contributed by atoms with Gasteiger partial charge in [-0.1, -0.05) is 66.0 Å². The van der Waals surface area contributed by atoms with Crippen LogP contribution in [0.4, 0.5) is 5.69 Å². The fourth-order valence-electron chi connectivity index (χ4n) is 4.22. The van der Waals surface area contributed by atoms with Crippen molar-refractivity contribution < 1.29 is 18.0 Å². The molecule has 0 fully saturated rings. The molecule has 0 aliphatic rings. The Morgan fingerprint density at radius 2 is 1.51 bits per heavy atom. The van der Waals surface area contributed by atoms with E-state index in [2.05, 4.69) is 5.32 Å². The zero-order valence-electron chi connectivity index (χ0n) is 24.2. The number of anilines is 1. The number of nitrogens with one attached hydrogen (secondary N) is 1. The van der Waals surface area contributed by atoms with Crippen molar-refractivity contribution in [3.63, 3.8) is 0 Å². The van der Waals surface area contributed by atoms with Gasteiger partial charge in [0, 0.05) is 12.6 Å². The van der Waals surface area contributed by atoms with E-state index in [1.165, 1.54) is 17.0 Å². The molecule has 0 aromatic heterocycles. The second-order valence-corrected chi connectivity index (χ2v) is 13.1. The van der Waals surface area contributed by atoms with Crippen molar-refractivity contribution in [3.05, 3.63) is 93.0 Å². The number of aryl methyl sites for hydroxylation is 3. The number of nitrogens with zero attached hydrogens (tertiary/aromatic N) is 2. The summed E-state index contributed by atoms with van der Waals surface area (Å²) in [5.74, 6) is -0.882. The van der Waals surface area contributed by atoms with E-state index in [1.807, 2.05) is 39.8 Å². The van der Waals surface area contributed by atoms with Crippen molar-refractivity contribution in [1.82, 2.24) is 10.2 Å². The van der Waals surface area contributed by atoms with Gasteiger partial charge in [0.15, 0.2) is 0 Å². The van der Waals surface area contributed by atoms with Crippen molar-refractivity contribution in [2.24, 2.45) is 0 Å². The maximum absolute atomic E-state index is 14.1. The molecule has 10 heteroatoms. The van der Waals surface area contributed by atoms with Gasteiger partial charge in [-0.3, -0.25) is 13.9 Å². The minimum absolute atomic E-state index is 0.0238. The Morgan fingerprint density at radius 3 is 2.12 bits per heavy atom. The SMILES string of the molecule is CC[C@@H](C)NC(=O)[C@H](C)N(Cc1ccc(Cl)c(Cl)c1)C(=O)CN(c1cc(C)ccc1C)S(=O)(=O)c1ccc(C)cc1. The zero-order valence-corrected chi connectivity index (χ0v) is 26.6. The maximum Gasteiger partial charge on any atom is 0.264 e. The molecule has 0 heterocycles. The van der Waals surface area contributed by atoms with Crippen LogP contribution in [0.2, 0.25) is 10.0 Å². The molecule has 1 N–H and O–H groups in total. The molecule has 2 amide bonds. The predicted molar refractivity (Wildman–Crippen MR) is 166 cm³/mol. The lowest BCUT2D eigenvalue weighted by atomic mass is 10.1. The third-order valence-electron chi connectivity index (χ3n) is 7.03. The monoisotopic (exact) mass is 617 g/mol. The number of carbonyl (C=O) groups excluding carboxylic acids is 2. The summed E-state index contributed by atoms with van der Waals surface area (Å²) in [4.78, 5) is 28.7. The highest BCUT2D eigenvalue weighted by molar-refractivity contribution is 7.92. The number of halogens is 2. The first-order valence-electron chi connectivity index (χ1n) is 13.4. The number of hydrogen-bond donors (Lipinski definition) is 1. The largest absolute Gasteiger partial charge is 0.352 e. The van der Waals surface area contributed by atoms with Gasteiger partial charge in [0.25, 0.3) is 10.0 Å². The lowest BCUT2D eigenvalue weighted by Gasteiger charge is -2.33. The van der Waals surface area contributed by atoms with E-state index in [0.717, 1.165) is 15.4 Å². The van der Waals surface area contributed by atoms with Crippen LogP contribution >= 0.6 is 23.2 Å². The highest BCUT2D eigenvalue weighted by Gasteiger charge is 2.33. The first-order valence-corrected chi connectivity index (χ1v) is 15.6. The van der Waals surface area contributed by atoms with Crippen LogP contribution in [0.5, 0.6) is 0 Å². The Bertz CT molecular complexity index is 1510. The fraction of sp³-hybridized carbons (Fsp3) is 0.355. The van der Waals surface area contributed by atoms with Crippen LogP contribution in [0.1, 0.15) is 49.4 Å². The third-order valence-corrected chi connectivity index (χ3v) is 9.54. The number of amides is 2. The van der Waals surface area contributed by atoms with Crippen molar-refractivity contribution in [3.8, 4) is 0 Å². The van der Waals surface area contributed by atoms with E-state index in [9.17, 15) is 18.0 Å². The summed E-state index contributed by atoms with van der Waals surface area (Å²) in [5, 5.41) is 3.60. The Kier molecular flexibility index (Phi) is 10.9. The summed E-state index contributed by atoms with van der Waals surface area (Å²) in [7, 11) is -4.15. The first kappa shape index (κ1) is 32.4. The Balaban J connectivity index is 2.08. The second kappa shape index (κ2) is 13.7. The van der Waals surface area contributed by atoms with Gasteiger partial charge in [-0.25, -0.2) is 8.42 Å². The van der Waals surface area contributed by atoms with Gasteiger partial charge in [-0.15, -0.1) is 0 Å². The van der Waals surface area contributed by atoms with E-state index in [4.69, 9.17) is 23.2 Å². The number of hydrogen-bond acceptors (Lipinski definition) is 4. The Morgan fingerprint density at radius 1 is 0.878 bits per heavy atom. The van der Waals surface area contributed by atoms with Crippen molar-refractivity contribution in [2.75, 3.05) is 10.8 Å². The summed E-state index contributed by atoms with van der Waals surface area (Å²) in [6, 6.07) is 15.9. The van der Waals surface area contributed by atoms with Crippen LogP contribution < -0.4 is 9.62 Å². The highest BCUT2D eigenvalue weighted by atomic mass is 35.5. The molecule has 0 bridgehead atoms. The molecule has 3 aromatic rings. The topological polar surface area (TPSA) is 86.8 Å². The summed E-state index contributed by atoms with van der Waals surface area (Å²) in [6.45, 7) is 10.5. The molecule has 0 aliphatic carbocycles. The van der Waals surface area contributed by atoms with Crippen LogP contribution in [0, 0.1) is 20.8 Å². The maximum atomic E-state index is 14.1. The summed E-state index contributed by atoms with van der Waals surface area (Å²) in [5.41, 5.74) is 3.49. The molecule has 0 unspecified atom stereocenters. The van der Waals surface area contributed by atoms with Crippen LogP contribution in [-0.4, -0.2) is 43.8 Å². The van der Waals surface area contributed by atoms with Crippen molar-refractivity contribution in [1.29, 1.82) is 0 Å². The van der Waals surface area contributed by atoms with Crippen molar-refractivity contribution in [2.45, 2.75) is 71.5 Å². The molecule has 2 atom stereocenters. The van der Waals surface area contributed by atoms with Crippen LogP contribution in [0.25, 0.3) is 0 Å². The molecule has 0 radical (unpaired) electrons. The number of benzene rings is 3. The van der Waals surface area contributed by atoms with Crippen LogP contribution in [0.3, 0.4) is 0 Å². The molecule has 0 aliphatic heterocycles. The minimum atomic E-state index is -4.15. The van der Waals surface area contributed by atoms with Crippen molar-refractivity contribution >= 4 is 50.7 Å². The van der Waals surface area contributed by atoms with E-state index >= 15 is 0 Å². The first-order chi connectivity index (χ1) is 19.2. The molecule has 0 saturated carbocycles. The summed E-state index contributed by atoms with van der Waals surface area (Å²) < 4.78 is 29.2. The van der Waals surface area contributed by atoms with Gasteiger partial charge < -0.3 is 10.2 Å². The van der Waals surface area contributed by atoms with Crippen LogP contribution in [0.15, 0.2) is 65.6 Å². The number of carbonyl (C=O) groups is 2. The van der Waals surface area contributed by atoms with Crippen LogP contribution in [-0.2, 0) is 26.2 Å². The molecule has 0 saturated heterocycles. The third kappa shape index (κ3) is 8.03. The molecule has 3 rings (SSSR count). The molecule has 7 nitrogen and oxygen atoms in total. The fourth-order valence-corrected chi connectivity index (χ4v) is 6.01. The van der Waals surface area contributed by atoms with Gasteiger partial charge in [0.2, 0.25) is 11.8 Å². The lowest BCUT2D eigenvalue weighted by Crippen LogP contribution is -2.52. The number of rotatable bonds is 11. The normalized spacial score (nSPS) is 12.9. The van der Waals surface area contributed by atoms with Gasteiger partial charge in [0.1, 0.15) is 12.6 Å². The smallest absolute Gasteiger partial charge is 0.264 e. The molecule has 220 valence electrons. The standard InChI is InChI=1S/C31H37Cl2N3O4S/c1-7-23(5)34-31(38)24(6)35(18-25-12-15-27(32)28(33)17-25)30(37)19-36(29-16-21(3)8-11-22(29)4)41(39,40)26-13-9-20(2)10-14-26/h8-17,23-24H,7,18-19H2,1-6H3,(H,34,38)/t23-,24+/m1/s1. The molecule has 3 aromatic carbocycles. The van der Waals surface area contributed by atoms with E-state index in [-0.39, 0.29) is 23.4 Å².